The lowest BCUT2D eigenvalue weighted by Gasteiger charge is -2.52. The first-order chi connectivity index (χ1) is 14.7. The largest absolute Gasteiger partial charge is 0.281 e. The summed E-state index contributed by atoms with van der Waals surface area (Å²) in [7, 11) is 0. The third-order valence-electron chi connectivity index (χ3n) is 8.23. The van der Waals surface area contributed by atoms with Gasteiger partial charge in [-0.3, -0.25) is 4.99 Å². The van der Waals surface area contributed by atoms with E-state index in [2.05, 4.69) is 67.5 Å². The van der Waals surface area contributed by atoms with Crippen LogP contribution in [0.3, 0.4) is 0 Å². The van der Waals surface area contributed by atoms with E-state index in [1.165, 1.54) is 55.4 Å². The van der Waals surface area contributed by atoms with Gasteiger partial charge in [0.2, 0.25) is 0 Å². The second-order valence-electron chi connectivity index (χ2n) is 9.80. The molecule has 0 radical (unpaired) electrons. The highest BCUT2D eigenvalue weighted by Gasteiger charge is 2.47. The van der Waals surface area contributed by atoms with Crippen molar-refractivity contribution >= 4 is 5.71 Å². The normalized spacial score (nSPS) is 35.9. The maximum atomic E-state index is 5.32. The van der Waals surface area contributed by atoms with E-state index in [1.807, 2.05) is 6.08 Å². The van der Waals surface area contributed by atoms with E-state index in [9.17, 15) is 0 Å². The van der Waals surface area contributed by atoms with Crippen molar-refractivity contribution in [3.8, 4) is 0 Å². The molecule has 0 heterocycles. The number of nitrogens with zero attached hydrogens (tertiary/aromatic N) is 1. The van der Waals surface area contributed by atoms with Crippen LogP contribution in [0.5, 0.6) is 0 Å². The molecule has 1 aromatic rings. The van der Waals surface area contributed by atoms with Gasteiger partial charge in [-0.25, -0.2) is 0 Å². The summed E-state index contributed by atoms with van der Waals surface area (Å²) in [6, 6.07) is 9.54. The Kier molecular flexibility index (Phi) is 5.51. The molecule has 5 rings (SSSR count). The predicted molar refractivity (Wildman–Crippen MR) is 126 cm³/mol. The van der Waals surface area contributed by atoms with Crippen molar-refractivity contribution in [2.45, 2.75) is 63.8 Å². The minimum Gasteiger partial charge on any atom is -0.281 e. The second kappa shape index (κ2) is 8.43. The number of hydrogen-bond donors (Lipinski definition) is 0. The van der Waals surface area contributed by atoms with Gasteiger partial charge in [-0.2, -0.15) is 0 Å². The molecule has 6 atom stereocenters. The van der Waals surface area contributed by atoms with Crippen LogP contribution in [-0.4, -0.2) is 5.71 Å². The predicted octanol–water partition coefficient (Wildman–Crippen LogP) is 7.50. The average molecular weight is 396 g/mol. The molecule has 0 amide bonds. The Morgan fingerprint density at radius 3 is 2.57 bits per heavy atom. The lowest BCUT2D eigenvalue weighted by Crippen LogP contribution is -2.42. The van der Waals surface area contributed by atoms with Crippen LogP contribution < -0.4 is 0 Å². The summed E-state index contributed by atoms with van der Waals surface area (Å²) in [5, 5.41) is 0. The van der Waals surface area contributed by atoms with Crippen molar-refractivity contribution in [1.29, 1.82) is 0 Å². The van der Waals surface area contributed by atoms with Gasteiger partial charge in [0.25, 0.3) is 0 Å². The number of rotatable bonds is 2. The lowest BCUT2D eigenvalue weighted by atomic mass is 9.53. The lowest BCUT2D eigenvalue weighted by molar-refractivity contribution is 0.0277. The summed E-state index contributed by atoms with van der Waals surface area (Å²) in [4.78, 5) is 5.32. The highest BCUT2D eigenvalue weighted by molar-refractivity contribution is 5.98. The zero-order valence-electron chi connectivity index (χ0n) is 18.2. The molecule has 1 nitrogen and oxygen atoms in total. The molecule has 0 N–H and O–H groups in total. The van der Waals surface area contributed by atoms with Crippen LogP contribution in [0.15, 0.2) is 77.2 Å². The van der Waals surface area contributed by atoms with Crippen LogP contribution in [0.4, 0.5) is 0 Å². The first kappa shape index (κ1) is 19.6. The molecule has 0 bridgehead atoms. The third kappa shape index (κ3) is 3.62. The minimum atomic E-state index is 0.316. The zero-order chi connectivity index (χ0) is 20.5. The van der Waals surface area contributed by atoms with Gasteiger partial charge >= 0.3 is 0 Å². The van der Waals surface area contributed by atoms with E-state index in [1.54, 1.807) is 5.56 Å². The smallest absolute Gasteiger partial charge is 0.0758 e. The van der Waals surface area contributed by atoms with Gasteiger partial charge in [0.05, 0.1) is 6.04 Å². The number of fused-ring (bicyclic) bond motifs is 5. The number of hydrogen-bond acceptors (Lipinski definition) is 1. The number of benzene rings is 1. The standard InChI is InChI=1S/C29H33N/c1-3-4-9-21-14-16-22(17-15-21)30-29-19-28-24-11-6-5-10-23(24)20(2)18-27(28)25-12-7-8-13-26(25)29/h7-9,12-16,20,23-24,27-29H,1,5-6,10-11,17-19H2,2H3. The molecule has 6 unspecified atom stereocenters. The molecule has 1 heteroatoms. The Hall–Kier alpha value is -2.33. The Balaban J connectivity index is 1.46. The molecule has 0 aromatic heterocycles. The monoisotopic (exact) mass is 395 g/mol. The summed E-state index contributed by atoms with van der Waals surface area (Å²) in [6.45, 7) is 6.11. The summed E-state index contributed by atoms with van der Waals surface area (Å²) in [6.07, 6.45) is 17.8. The van der Waals surface area contributed by atoms with E-state index >= 15 is 0 Å². The van der Waals surface area contributed by atoms with E-state index in [-0.39, 0.29) is 0 Å². The van der Waals surface area contributed by atoms with Gasteiger partial charge in [0.1, 0.15) is 0 Å². The molecule has 2 fully saturated rings. The fourth-order valence-corrected chi connectivity index (χ4v) is 6.92. The summed E-state index contributed by atoms with van der Waals surface area (Å²) < 4.78 is 0. The van der Waals surface area contributed by atoms with E-state index < -0.39 is 0 Å². The van der Waals surface area contributed by atoms with Crippen LogP contribution in [0.25, 0.3) is 0 Å². The zero-order valence-corrected chi connectivity index (χ0v) is 18.2. The van der Waals surface area contributed by atoms with Gasteiger partial charge < -0.3 is 0 Å². The van der Waals surface area contributed by atoms with Crippen LogP contribution in [0.1, 0.15) is 75.0 Å². The van der Waals surface area contributed by atoms with Gasteiger partial charge in [-0.05, 0) is 90.7 Å². The quantitative estimate of drug-likeness (QED) is 0.460. The summed E-state index contributed by atoms with van der Waals surface area (Å²) in [5.41, 5.74) is 11.1. The van der Waals surface area contributed by atoms with Crippen LogP contribution in [0, 0.1) is 23.7 Å². The van der Waals surface area contributed by atoms with E-state index in [4.69, 9.17) is 4.99 Å². The molecule has 2 saturated carbocycles. The first-order valence-corrected chi connectivity index (χ1v) is 11.9. The molecule has 4 aliphatic rings. The van der Waals surface area contributed by atoms with E-state index in [0.717, 1.165) is 36.0 Å². The van der Waals surface area contributed by atoms with Crippen molar-refractivity contribution in [2.24, 2.45) is 28.7 Å². The fourth-order valence-electron chi connectivity index (χ4n) is 6.92. The van der Waals surface area contributed by atoms with Gasteiger partial charge in [-0.15, -0.1) is 0 Å². The SMILES string of the molecule is C=C=C=CC1=CCC(=NC2CC3C(CC(C)C4CCCCC43)c3ccccc32)C=C1. The molecular formula is C29H33N. The number of allylic oxidation sites excluding steroid dienone is 5. The molecular weight excluding hydrogens is 362 g/mol. The summed E-state index contributed by atoms with van der Waals surface area (Å²) in [5.74, 6) is 4.29. The van der Waals surface area contributed by atoms with Crippen molar-refractivity contribution < 1.29 is 0 Å². The van der Waals surface area contributed by atoms with Gasteiger partial charge in [0, 0.05) is 12.1 Å². The minimum absolute atomic E-state index is 0.316. The van der Waals surface area contributed by atoms with Crippen LogP contribution in [0.2, 0.25) is 0 Å². The molecule has 0 aliphatic heterocycles. The number of aliphatic imine (C=N–C) groups is 1. The fraction of sp³-hybridized carbons (Fsp3) is 0.483. The summed E-state index contributed by atoms with van der Waals surface area (Å²) >= 11 is 0. The molecule has 0 saturated heterocycles. The van der Waals surface area contributed by atoms with Gasteiger partial charge in [-0.1, -0.05) is 67.6 Å². The van der Waals surface area contributed by atoms with Crippen molar-refractivity contribution in [2.75, 3.05) is 0 Å². The van der Waals surface area contributed by atoms with Crippen molar-refractivity contribution in [3.63, 3.8) is 0 Å². The average Bonchev–Trinajstić information content (AvgIpc) is 2.79. The maximum Gasteiger partial charge on any atom is 0.0758 e. The third-order valence-corrected chi connectivity index (χ3v) is 8.23. The Labute approximate surface area is 181 Å². The van der Waals surface area contributed by atoms with Crippen molar-refractivity contribution in [1.82, 2.24) is 0 Å². The Bertz CT molecular complexity index is 979. The second-order valence-corrected chi connectivity index (χ2v) is 9.80. The van der Waals surface area contributed by atoms with Crippen molar-refractivity contribution in [3.05, 3.63) is 83.3 Å². The highest BCUT2D eigenvalue weighted by Crippen LogP contribution is 2.58. The molecule has 30 heavy (non-hydrogen) atoms. The van der Waals surface area contributed by atoms with Crippen LogP contribution >= 0.6 is 0 Å². The molecule has 154 valence electrons. The highest BCUT2D eigenvalue weighted by atomic mass is 14.8. The maximum absolute atomic E-state index is 5.32. The molecule has 4 aliphatic carbocycles. The molecule has 1 aromatic carbocycles. The Morgan fingerprint density at radius 2 is 1.80 bits per heavy atom. The molecule has 0 spiro atoms. The Morgan fingerprint density at radius 1 is 1.00 bits per heavy atom. The first-order valence-electron chi connectivity index (χ1n) is 11.9. The van der Waals surface area contributed by atoms with E-state index in [0.29, 0.717) is 6.04 Å². The topological polar surface area (TPSA) is 12.4 Å². The van der Waals surface area contributed by atoms with Crippen LogP contribution in [-0.2, 0) is 0 Å². The van der Waals surface area contributed by atoms with Gasteiger partial charge in [0.15, 0.2) is 0 Å².